The van der Waals surface area contributed by atoms with Gasteiger partial charge in [0.2, 0.25) is 5.91 Å². The van der Waals surface area contributed by atoms with Gasteiger partial charge >= 0.3 is 5.97 Å². The van der Waals surface area contributed by atoms with Crippen LogP contribution in [-0.4, -0.2) is 23.0 Å². The van der Waals surface area contributed by atoms with E-state index in [0.29, 0.717) is 5.69 Å². The summed E-state index contributed by atoms with van der Waals surface area (Å²) in [5.41, 5.74) is 6.83. The van der Waals surface area contributed by atoms with Gasteiger partial charge in [-0.3, -0.25) is 9.59 Å². The smallest absolute Gasteiger partial charge is 0.320 e. The Hall–Kier alpha value is -1.88. The van der Waals surface area contributed by atoms with E-state index in [9.17, 15) is 9.59 Å². The highest BCUT2D eigenvalue weighted by molar-refractivity contribution is 5.88. The van der Waals surface area contributed by atoms with E-state index >= 15 is 0 Å². The Morgan fingerprint density at radius 1 is 1.50 bits per heavy atom. The van der Waals surface area contributed by atoms with Gasteiger partial charge in [0.1, 0.15) is 6.04 Å². The standard InChI is InChI=1S/C11H14N2O3/c1-7(14)13-9-4-2-3-8(5-9)6-10(12)11(15)16/h2-5,10H,6,12H2,1H3,(H,13,14)(H,15,16)/t10-/m1/s1. The van der Waals surface area contributed by atoms with Crippen molar-refractivity contribution in [3.8, 4) is 0 Å². The van der Waals surface area contributed by atoms with E-state index < -0.39 is 12.0 Å². The molecule has 0 aliphatic carbocycles. The maximum Gasteiger partial charge on any atom is 0.320 e. The van der Waals surface area contributed by atoms with Crippen molar-refractivity contribution in [1.82, 2.24) is 0 Å². The predicted octanol–water partition coefficient (Wildman–Crippen LogP) is 0.599. The van der Waals surface area contributed by atoms with Gasteiger partial charge in [0, 0.05) is 12.6 Å². The van der Waals surface area contributed by atoms with Gasteiger partial charge in [-0.25, -0.2) is 0 Å². The number of amides is 1. The number of carboxylic acid groups (broad SMARTS) is 1. The number of rotatable bonds is 4. The fraction of sp³-hybridized carbons (Fsp3) is 0.273. The number of nitrogens with one attached hydrogen (secondary N) is 1. The van der Waals surface area contributed by atoms with Gasteiger partial charge in [-0.05, 0) is 24.1 Å². The molecule has 4 N–H and O–H groups in total. The average molecular weight is 222 g/mol. The first kappa shape index (κ1) is 12.2. The summed E-state index contributed by atoms with van der Waals surface area (Å²) in [4.78, 5) is 21.4. The number of carbonyl (C=O) groups is 2. The van der Waals surface area contributed by atoms with Gasteiger partial charge in [-0.1, -0.05) is 12.1 Å². The van der Waals surface area contributed by atoms with Crippen molar-refractivity contribution in [2.45, 2.75) is 19.4 Å². The Bertz CT molecular complexity index is 404. The fourth-order valence-electron chi connectivity index (χ4n) is 1.32. The molecule has 0 unspecified atom stereocenters. The highest BCUT2D eigenvalue weighted by atomic mass is 16.4. The van der Waals surface area contributed by atoms with Crippen LogP contribution in [0.3, 0.4) is 0 Å². The molecule has 0 aliphatic rings. The van der Waals surface area contributed by atoms with E-state index in [4.69, 9.17) is 10.8 Å². The minimum absolute atomic E-state index is 0.167. The second-order valence-electron chi connectivity index (χ2n) is 3.53. The van der Waals surface area contributed by atoms with Crippen LogP contribution in [0, 0.1) is 0 Å². The second-order valence-corrected chi connectivity index (χ2v) is 3.53. The molecule has 0 aromatic heterocycles. The predicted molar refractivity (Wildman–Crippen MR) is 60.1 cm³/mol. The summed E-state index contributed by atoms with van der Waals surface area (Å²) < 4.78 is 0. The van der Waals surface area contributed by atoms with Crippen molar-refractivity contribution in [2.24, 2.45) is 5.73 Å². The molecule has 0 radical (unpaired) electrons. The van der Waals surface area contributed by atoms with Crippen molar-refractivity contribution in [3.63, 3.8) is 0 Å². The molecule has 0 spiro atoms. The number of benzene rings is 1. The summed E-state index contributed by atoms with van der Waals surface area (Å²) in [7, 11) is 0. The van der Waals surface area contributed by atoms with Gasteiger partial charge in [0.25, 0.3) is 0 Å². The molecule has 0 heterocycles. The monoisotopic (exact) mass is 222 g/mol. The zero-order chi connectivity index (χ0) is 12.1. The molecule has 0 aliphatic heterocycles. The molecule has 5 nitrogen and oxygen atoms in total. The number of anilines is 1. The first-order valence-electron chi connectivity index (χ1n) is 4.84. The van der Waals surface area contributed by atoms with E-state index in [1.807, 2.05) is 0 Å². The topological polar surface area (TPSA) is 92.4 Å². The van der Waals surface area contributed by atoms with E-state index in [2.05, 4.69) is 5.32 Å². The molecule has 0 saturated carbocycles. The Labute approximate surface area is 93.3 Å². The van der Waals surface area contributed by atoms with Gasteiger partial charge in [-0.2, -0.15) is 0 Å². The van der Waals surface area contributed by atoms with Gasteiger partial charge in [0.05, 0.1) is 0 Å². The largest absolute Gasteiger partial charge is 0.480 e. The fourth-order valence-corrected chi connectivity index (χ4v) is 1.32. The maximum atomic E-state index is 10.8. The van der Waals surface area contributed by atoms with Crippen molar-refractivity contribution in [3.05, 3.63) is 29.8 Å². The molecule has 1 aromatic rings. The number of hydrogen-bond donors (Lipinski definition) is 3. The number of carboxylic acids is 1. The van der Waals surface area contributed by atoms with Crippen LogP contribution < -0.4 is 11.1 Å². The lowest BCUT2D eigenvalue weighted by Gasteiger charge is -2.08. The Kier molecular flexibility index (Phi) is 4.02. The molecule has 1 atom stereocenters. The molecule has 0 bridgehead atoms. The first-order valence-corrected chi connectivity index (χ1v) is 4.84. The summed E-state index contributed by atoms with van der Waals surface area (Å²) in [6.07, 6.45) is 0.239. The van der Waals surface area contributed by atoms with E-state index in [-0.39, 0.29) is 12.3 Å². The zero-order valence-corrected chi connectivity index (χ0v) is 8.93. The van der Waals surface area contributed by atoms with Crippen LogP contribution >= 0.6 is 0 Å². The Morgan fingerprint density at radius 2 is 2.19 bits per heavy atom. The lowest BCUT2D eigenvalue weighted by molar-refractivity contribution is -0.138. The first-order chi connectivity index (χ1) is 7.49. The third-order valence-electron chi connectivity index (χ3n) is 2.02. The zero-order valence-electron chi connectivity index (χ0n) is 8.93. The van der Waals surface area contributed by atoms with Crippen LogP contribution in [0.1, 0.15) is 12.5 Å². The van der Waals surface area contributed by atoms with Crippen molar-refractivity contribution in [2.75, 3.05) is 5.32 Å². The minimum atomic E-state index is -1.04. The van der Waals surface area contributed by atoms with E-state index in [0.717, 1.165) is 5.56 Å². The van der Waals surface area contributed by atoms with Crippen molar-refractivity contribution < 1.29 is 14.7 Å². The quantitative estimate of drug-likeness (QED) is 0.695. The molecule has 0 saturated heterocycles. The molecule has 1 rings (SSSR count). The van der Waals surface area contributed by atoms with Crippen LogP contribution in [0.4, 0.5) is 5.69 Å². The lowest BCUT2D eigenvalue weighted by atomic mass is 10.1. The van der Waals surface area contributed by atoms with Crippen LogP contribution in [0.5, 0.6) is 0 Å². The van der Waals surface area contributed by atoms with Crippen molar-refractivity contribution >= 4 is 17.6 Å². The highest BCUT2D eigenvalue weighted by Crippen LogP contribution is 2.11. The number of aliphatic carboxylic acids is 1. The molecule has 1 aromatic carbocycles. The Morgan fingerprint density at radius 3 is 2.75 bits per heavy atom. The van der Waals surface area contributed by atoms with Gasteiger partial charge in [0.15, 0.2) is 0 Å². The van der Waals surface area contributed by atoms with E-state index in [1.165, 1.54) is 6.92 Å². The maximum absolute atomic E-state index is 10.8. The highest BCUT2D eigenvalue weighted by Gasteiger charge is 2.12. The van der Waals surface area contributed by atoms with Gasteiger partial charge < -0.3 is 16.2 Å². The lowest BCUT2D eigenvalue weighted by Crippen LogP contribution is -2.32. The summed E-state index contributed by atoms with van der Waals surface area (Å²) in [6, 6.07) is 6.04. The molecule has 16 heavy (non-hydrogen) atoms. The van der Waals surface area contributed by atoms with Crippen LogP contribution in [0.2, 0.25) is 0 Å². The summed E-state index contributed by atoms with van der Waals surface area (Å²) in [6.45, 7) is 1.41. The summed E-state index contributed by atoms with van der Waals surface area (Å²) >= 11 is 0. The summed E-state index contributed by atoms with van der Waals surface area (Å²) in [5, 5.41) is 11.3. The second kappa shape index (κ2) is 5.27. The molecule has 5 heteroatoms. The molecule has 0 fully saturated rings. The third kappa shape index (κ3) is 3.70. The SMILES string of the molecule is CC(=O)Nc1cccc(C[C@@H](N)C(=O)O)c1. The third-order valence-corrected chi connectivity index (χ3v) is 2.02. The number of carbonyl (C=O) groups excluding carboxylic acids is 1. The van der Waals surface area contributed by atoms with Crippen LogP contribution in [0.15, 0.2) is 24.3 Å². The molecule has 86 valence electrons. The van der Waals surface area contributed by atoms with Crippen LogP contribution in [0.25, 0.3) is 0 Å². The number of nitrogens with two attached hydrogens (primary N) is 1. The van der Waals surface area contributed by atoms with E-state index in [1.54, 1.807) is 24.3 Å². The normalized spacial score (nSPS) is 11.9. The summed E-state index contributed by atoms with van der Waals surface area (Å²) in [5.74, 6) is -1.20. The molecular formula is C11H14N2O3. The average Bonchev–Trinajstić information content (AvgIpc) is 2.16. The molecular weight excluding hydrogens is 208 g/mol. The van der Waals surface area contributed by atoms with Crippen molar-refractivity contribution in [1.29, 1.82) is 0 Å². The van der Waals surface area contributed by atoms with Gasteiger partial charge in [-0.15, -0.1) is 0 Å². The molecule has 1 amide bonds. The Balaban J connectivity index is 2.74. The number of hydrogen-bond acceptors (Lipinski definition) is 3. The minimum Gasteiger partial charge on any atom is -0.480 e. The van der Waals surface area contributed by atoms with Crippen LogP contribution in [-0.2, 0) is 16.0 Å².